The van der Waals surface area contributed by atoms with E-state index in [4.69, 9.17) is 0 Å². The van der Waals surface area contributed by atoms with Crippen molar-refractivity contribution < 1.29 is 0 Å². The Bertz CT molecular complexity index is 2970. The van der Waals surface area contributed by atoms with E-state index >= 15 is 0 Å². The summed E-state index contributed by atoms with van der Waals surface area (Å²) < 4.78 is 2.46. The van der Waals surface area contributed by atoms with Crippen LogP contribution in [0.3, 0.4) is 0 Å². The van der Waals surface area contributed by atoms with Crippen LogP contribution in [-0.4, -0.2) is 4.57 Å². The molecule has 1 aromatic heterocycles. The van der Waals surface area contributed by atoms with E-state index < -0.39 is 0 Å². The van der Waals surface area contributed by atoms with Gasteiger partial charge in [0.2, 0.25) is 0 Å². The fourth-order valence-corrected chi connectivity index (χ4v) is 8.55. The zero-order chi connectivity index (χ0) is 32.1. The Morgan fingerprint density at radius 2 is 0.898 bits per heavy atom. The van der Waals surface area contributed by atoms with E-state index in [9.17, 15) is 0 Å². The molecule has 1 heteroatoms. The van der Waals surface area contributed by atoms with Gasteiger partial charge in [0.25, 0.3) is 0 Å². The first-order valence-electron chi connectivity index (χ1n) is 17.0. The molecule has 0 saturated carbocycles. The Morgan fingerprint density at radius 1 is 0.306 bits per heavy atom. The molecule has 1 aliphatic carbocycles. The van der Waals surface area contributed by atoms with Gasteiger partial charge in [0, 0.05) is 21.8 Å². The van der Waals surface area contributed by atoms with Crippen LogP contribution >= 0.6 is 0 Å². The molecule has 49 heavy (non-hydrogen) atoms. The second kappa shape index (κ2) is 10.0. The Morgan fingerprint density at radius 3 is 1.67 bits per heavy atom. The summed E-state index contributed by atoms with van der Waals surface area (Å²) >= 11 is 0. The monoisotopic (exact) mass is 619 g/mol. The number of nitrogens with zero attached hydrogens (tertiary/aromatic N) is 1. The Labute approximate surface area is 283 Å². The molecule has 0 saturated heterocycles. The van der Waals surface area contributed by atoms with Gasteiger partial charge in [-0.15, -0.1) is 0 Å². The summed E-state index contributed by atoms with van der Waals surface area (Å²) in [6.07, 6.45) is 0. The highest BCUT2D eigenvalue weighted by atomic mass is 15.0. The van der Waals surface area contributed by atoms with Gasteiger partial charge in [-0.25, -0.2) is 0 Å². The van der Waals surface area contributed by atoms with Crippen molar-refractivity contribution in [1.29, 1.82) is 0 Å². The summed E-state index contributed by atoms with van der Waals surface area (Å²) in [4.78, 5) is 0. The third-order valence-corrected chi connectivity index (χ3v) is 10.7. The van der Waals surface area contributed by atoms with Crippen LogP contribution in [0.5, 0.6) is 0 Å². The first kappa shape index (κ1) is 26.6. The van der Waals surface area contributed by atoms with Gasteiger partial charge in [0.05, 0.1) is 11.0 Å². The highest BCUT2D eigenvalue weighted by Crippen LogP contribution is 2.48. The second-order valence-corrected chi connectivity index (χ2v) is 13.3. The lowest BCUT2D eigenvalue weighted by molar-refractivity contribution is 1.19. The van der Waals surface area contributed by atoms with Crippen LogP contribution in [0.15, 0.2) is 176 Å². The molecular formula is C48H29N. The maximum Gasteiger partial charge on any atom is 0.0625 e. The van der Waals surface area contributed by atoms with Crippen LogP contribution < -0.4 is 0 Å². The molecule has 10 aromatic rings. The van der Waals surface area contributed by atoms with Crippen molar-refractivity contribution in [2.24, 2.45) is 0 Å². The quantitative estimate of drug-likeness (QED) is 0.173. The summed E-state index contributed by atoms with van der Waals surface area (Å²) in [5, 5.41) is 10.4. The van der Waals surface area contributed by atoms with Gasteiger partial charge in [-0.3, -0.25) is 0 Å². The second-order valence-electron chi connectivity index (χ2n) is 13.3. The number of fused-ring (bicyclic) bond motifs is 11. The van der Waals surface area contributed by atoms with Gasteiger partial charge in [-0.1, -0.05) is 140 Å². The fraction of sp³-hybridized carbons (Fsp3) is 0. The zero-order valence-corrected chi connectivity index (χ0v) is 26.7. The Hall–Kier alpha value is -6.44. The lowest BCUT2D eigenvalue weighted by Gasteiger charge is -2.12. The van der Waals surface area contributed by atoms with Gasteiger partial charge in [0.15, 0.2) is 0 Å². The molecule has 0 spiro atoms. The van der Waals surface area contributed by atoms with E-state index in [2.05, 4.69) is 180 Å². The molecule has 1 nitrogen and oxygen atoms in total. The number of hydrogen-bond acceptors (Lipinski definition) is 0. The van der Waals surface area contributed by atoms with Crippen LogP contribution in [0.1, 0.15) is 0 Å². The van der Waals surface area contributed by atoms with E-state index in [1.54, 1.807) is 0 Å². The maximum absolute atomic E-state index is 2.46. The number of para-hydroxylation sites is 1. The summed E-state index contributed by atoms with van der Waals surface area (Å²) in [6, 6.07) is 64.9. The van der Waals surface area contributed by atoms with Crippen molar-refractivity contribution in [3.8, 4) is 50.2 Å². The summed E-state index contributed by atoms with van der Waals surface area (Å²) in [7, 11) is 0. The maximum atomic E-state index is 2.46. The molecule has 0 atom stereocenters. The van der Waals surface area contributed by atoms with Gasteiger partial charge >= 0.3 is 0 Å². The minimum atomic E-state index is 1.17. The lowest BCUT2D eigenvalue weighted by atomic mass is 9.94. The van der Waals surface area contributed by atoms with E-state index in [1.165, 1.54) is 104 Å². The van der Waals surface area contributed by atoms with Gasteiger partial charge < -0.3 is 4.57 Å². The topological polar surface area (TPSA) is 4.93 Å². The molecular weight excluding hydrogens is 591 g/mol. The summed E-state index contributed by atoms with van der Waals surface area (Å²) in [5.74, 6) is 0. The first-order valence-corrected chi connectivity index (χ1v) is 17.0. The molecule has 0 aliphatic heterocycles. The van der Waals surface area contributed by atoms with Crippen molar-refractivity contribution in [2.75, 3.05) is 0 Å². The van der Waals surface area contributed by atoms with Crippen LogP contribution in [0.2, 0.25) is 0 Å². The molecule has 1 aliphatic rings. The Kier molecular flexibility index (Phi) is 5.45. The number of aromatic nitrogens is 1. The molecule has 226 valence electrons. The van der Waals surface area contributed by atoms with E-state index in [-0.39, 0.29) is 0 Å². The minimum Gasteiger partial charge on any atom is -0.309 e. The van der Waals surface area contributed by atoms with Crippen LogP contribution in [-0.2, 0) is 0 Å². The van der Waals surface area contributed by atoms with Crippen molar-refractivity contribution in [3.05, 3.63) is 176 Å². The highest BCUT2D eigenvalue weighted by Gasteiger charge is 2.22. The predicted octanol–water partition coefficient (Wildman–Crippen LogP) is 13.2. The zero-order valence-electron chi connectivity index (χ0n) is 26.7. The number of benzene rings is 9. The fourth-order valence-electron chi connectivity index (χ4n) is 8.55. The third kappa shape index (κ3) is 3.76. The van der Waals surface area contributed by atoms with Crippen molar-refractivity contribution in [1.82, 2.24) is 4.57 Å². The van der Waals surface area contributed by atoms with Crippen molar-refractivity contribution in [2.45, 2.75) is 0 Å². The van der Waals surface area contributed by atoms with Crippen molar-refractivity contribution in [3.63, 3.8) is 0 Å². The predicted molar refractivity (Wildman–Crippen MR) is 209 cm³/mol. The molecule has 0 N–H and O–H groups in total. The first-order chi connectivity index (χ1) is 24.3. The van der Waals surface area contributed by atoms with E-state index in [0.29, 0.717) is 0 Å². The molecule has 9 aromatic carbocycles. The van der Waals surface area contributed by atoms with Gasteiger partial charge in [0.1, 0.15) is 0 Å². The lowest BCUT2D eigenvalue weighted by Crippen LogP contribution is -1.94. The van der Waals surface area contributed by atoms with Crippen molar-refractivity contribution >= 4 is 54.1 Å². The normalized spacial score (nSPS) is 12.1. The van der Waals surface area contributed by atoms with Gasteiger partial charge in [-0.2, -0.15) is 0 Å². The summed E-state index contributed by atoms with van der Waals surface area (Å²) in [6.45, 7) is 0. The number of rotatable bonds is 3. The molecule has 11 rings (SSSR count). The molecule has 1 heterocycles. The SMILES string of the molecule is c1ccc(-n2c3ccc(-c4cccc(-c5ccc6c(c5)-c5cccc7cccc-6c57)c4)cc3c3c4ccccc4c4ccccc4c32)cc1. The van der Waals surface area contributed by atoms with Crippen LogP contribution in [0.4, 0.5) is 0 Å². The standard InChI is InChI=1S/C48H29N/c1-2-15-35(16-3-1)49-45-26-24-34(29-44(45)47-40-19-6-4-17-36(40)37-18-5-7-20-42(37)48(47)49)32-14-8-13-31(27-32)33-23-25-38-39-21-9-11-30-12-10-22-41(46(30)39)43(38)28-33/h1-29H. The van der Waals surface area contributed by atoms with E-state index in [0.717, 1.165) is 0 Å². The summed E-state index contributed by atoms with van der Waals surface area (Å²) in [5.41, 5.74) is 13.9. The van der Waals surface area contributed by atoms with Crippen LogP contribution in [0, 0.1) is 0 Å². The molecule has 0 radical (unpaired) electrons. The van der Waals surface area contributed by atoms with E-state index in [1.807, 2.05) is 0 Å². The largest absolute Gasteiger partial charge is 0.309 e. The average Bonchev–Trinajstić information content (AvgIpc) is 3.69. The Balaban J connectivity index is 1.13. The molecule has 0 amide bonds. The highest BCUT2D eigenvalue weighted by molar-refractivity contribution is 6.32. The average molecular weight is 620 g/mol. The molecule has 0 fully saturated rings. The van der Waals surface area contributed by atoms with Gasteiger partial charge in [-0.05, 0) is 108 Å². The minimum absolute atomic E-state index is 1.17. The number of hydrogen-bond donors (Lipinski definition) is 0. The molecule has 0 bridgehead atoms. The van der Waals surface area contributed by atoms with Crippen LogP contribution in [0.25, 0.3) is 104 Å². The smallest absolute Gasteiger partial charge is 0.0625 e. The molecule has 0 unspecified atom stereocenters. The third-order valence-electron chi connectivity index (χ3n) is 10.7.